The van der Waals surface area contributed by atoms with Gasteiger partial charge in [-0.15, -0.1) is 11.8 Å². The summed E-state index contributed by atoms with van der Waals surface area (Å²) in [6.45, 7) is 1.92. The maximum absolute atomic E-state index is 12.7. The zero-order valence-electron chi connectivity index (χ0n) is 15.9. The van der Waals surface area contributed by atoms with Crippen molar-refractivity contribution in [2.45, 2.75) is 42.1 Å². The summed E-state index contributed by atoms with van der Waals surface area (Å²) in [6, 6.07) is 2.42. The molecule has 1 unspecified atom stereocenters. The van der Waals surface area contributed by atoms with Gasteiger partial charge < -0.3 is 25.0 Å². The molecule has 1 atom stereocenters. The smallest absolute Gasteiger partial charge is 0.270 e. The minimum atomic E-state index is -0.999. The van der Waals surface area contributed by atoms with Gasteiger partial charge in [-0.3, -0.25) is 14.4 Å². The summed E-state index contributed by atoms with van der Waals surface area (Å²) < 4.78 is 5.04. The Hall–Kier alpha value is -1.55. The highest BCUT2D eigenvalue weighted by molar-refractivity contribution is 8.01. The van der Waals surface area contributed by atoms with E-state index in [1.54, 1.807) is 16.7 Å². The summed E-state index contributed by atoms with van der Waals surface area (Å²) in [7, 11) is 0. The number of hydrogen-bond acceptors (Lipinski definition) is 6. The summed E-state index contributed by atoms with van der Waals surface area (Å²) in [5.74, 6) is 0.466. The van der Waals surface area contributed by atoms with E-state index in [0.717, 1.165) is 12.2 Å². The first-order valence-corrected chi connectivity index (χ1v) is 11.1. The molecular formula is C19H24ClN3O5S. The van der Waals surface area contributed by atoms with Crippen LogP contribution in [0.2, 0.25) is 5.15 Å². The van der Waals surface area contributed by atoms with E-state index >= 15 is 0 Å². The van der Waals surface area contributed by atoms with E-state index in [1.807, 2.05) is 0 Å². The number of nitrogens with one attached hydrogen (secondary N) is 2. The van der Waals surface area contributed by atoms with E-state index in [-0.39, 0.29) is 45.3 Å². The van der Waals surface area contributed by atoms with Crippen molar-refractivity contribution in [2.24, 2.45) is 0 Å². The lowest BCUT2D eigenvalue weighted by molar-refractivity contribution is -0.132. The maximum Gasteiger partial charge on any atom is 0.270 e. The summed E-state index contributed by atoms with van der Waals surface area (Å²) >= 11 is 7.61. The number of H-pyrrole nitrogens is 1. The standard InChI is InChI=1S/C19H24ClN3O5S/c20-15-8-12(24)7-13(21-15)17(26)23-10-19(11-23)14(1-6-29-19)22-16(25)9-18(27)2-4-28-5-3-18/h7-8,14,27H,1-6,9-11H2,(H,21,24)(H,22,25). The first-order valence-electron chi connectivity index (χ1n) is 9.71. The molecule has 4 rings (SSSR count). The summed E-state index contributed by atoms with van der Waals surface area (Å²) in [6.07, 6.45) is 1.82. The molecule has 0 bridgehead atoms. The van der Waals surface area contributed by atoms with E-state index in [2.05, 4.69) is 10.3 Å². The fourth-order valence-electron chi connectivity index (χ4n) is 4.27. The van der Waals surface area contributed by atoms with Crippen molar-refractivity contribution in [2.75, 3.05) is 32.1 Å². The van der Waals surface area contributed by atoms with Crippen molar-refractivity contribution in [3.63, 3.8) is 0 Å². The lowest BCUT2D eigenvalue weighted by Gasteiger charge is -2.50. The van der Waals surface area contributed by atoms with Gasteiger partial charge in [-0.1, -0.05) is 11.6 Å². The molecule has 3 aliphatic heterocycles. The van der Waals surface area contributed by atoms with Crippen LogP contribution in [-0.2, 0) is 9.53 Å². The first-order chi connectivity index (χ1) is 13.8. The number of likely N-dealkylation sites (tertiary alicyclic amines) is 1. The molecule has 0 saturated carbocycles. The average molecular weight is 442 g/mol. The Bertz CT molecular complexity index is 864. The van der Waals surface area contributed by atoms with E-state index in [4.69, 9.17) is 16.3 Å². The summed E-state index contributed by atoms with van der Waals surface area (Å²) in [5.41, 5.74) is -1.15. The van der Waals surface area contributed by atoms with E-state index in [9.17, 15) is 19.5 Å². The molecule has 2 amide bonds. The van der Waals surface area contributed by atoms with Crippen LogP contribution in [0.15, 0.2) is 16.9 Å². The number of pyridine rings is 1. The number of hydrogen-bond donors (Lipinski definition) is 3. The molecule has 158 valence electrons. The number of thioether (sulfide) groups is 1. The monoisotopic (exact) mass is 441 g/mol. The number of amides is 2. The Morgan fingerprint density at radius 1 is 1.34 bits per heavy atom. The Labute approximate surface area is 177 Å². The molecule has 29 heavy (non-hydrogen) atoms. The highest BCUT2D eigenvalue weighted by atomic mass is 35.5. The van der Waals surface area contributed by atoms with Gasteiger partial charge in [0.15, 0.2) is 5.43 Å². The molecule has 3 N–H and O–H groups in total. The Morgan fingerprint density at radius 2 is 2.07 bits per heavy atom. The third kappa shape index (κ3) is 4.33. The number of aliphatic hydroxyl groups is 1. The molecule has 0 aliphatic carbocycles. The normalized spacial score (nSPS) is 24.9. The van der Waals surface area contributed by atoms with Gasteiger partial charge in [-0.25, -0.2) is 0 Å². The van der Waals surface area contributed by atoms with Gasteiger partial charge in [0.05, 0.1) is 16.8 Å². The number of aromatic nitrogens is 1. The van der Waals surface area contributed by atoms with Crippen molar-refractivity contribution < 1.29 is 19.4 Å². The molecule has 4 heterocycles. The molecule has 3 saturated heterocycles. The van der Waals surface area contributed by atoms with E-state index in [1.165, 1.54) is 12.1 Å². The predicted octanol–water partition coefficient (Wildman–Crippen LogP) is 0.776. The molecule has 0 radical (unpaired) electrons. The van der Waals surface area contributed by atoms with Gasteiger partial charge in [0.1, 0.15) is 10.8 Å². The minimum absolute atomic E-state index is 0.0501. The zero-order valence-corrected chi connectivity index (χ0v) is 17.5. The molecule has 1 spiro atoms. The largest absolute Gasteiger partial charge is 0.389 e. The lowest BCUT2D eigenvalue weighted by Crippen LogP contribution is -2.68. The van der Waals surface area contributed by atoms with Crippen molar-refractivity contribution >= 4 is 35.2 Å². The van der Waals surface area contributed by atoms with Crippen LogP contribution in [0.3, 0.4) is 0 Å². The number of carbonyl (C=O) groups is 2. The van der Waals surface area contributed by atoms with Crippen LogP contribution in [0, 0.1) is 0 Å². The molecule has 1 aromatic heterocycles. The highest BCUT2D eigenvalue weighted by Crippen LogP contribution is 2.45. The third-order valence-corrected chi connectivity index (χ3v) is 7.68. The molecule has 3 aliphatic rings. The van der Waals surface area contributed by atoms with Crippen LogP contribution in [-0.4, -0.2) is 75.3 Å². The number of rotatable bonds is 4. The Kier molecular flexibility index (Phi) is 5.67. The number of ether oxygens (including phenoxy) is 1. The molecule has 1 aromatic rings. The summed E-state index contributed by atoms with van der Waals surface area (Å²) in [5, 5.41) is 13.8. The van der Waals surface area contributed by atoms with Crippen molar-refractivity contribution in [1.29, 1.82) is 0 Å². The Balaban J connectivity index is 1.36. The van der Waals surface area contributed by atoms with Crippen LogP contribution < -0.4 is 10.7 Å². The van der Waals surface area contributed by atoms with Crippen LogP contribution in [0.5, 0.6) is 0 Å². The molecule has 0 aromatic carbocycles. The molecule has 10 heteroatoms. The van der Waals surface area contributed by atoms with Gasteiger partial charge in [0.25, 0.3) is 5.91 Å². The van der Waals surface area contributed by atoms with Gasteiger partial charge in [-0.05, 0) is 12.2 Å². The second kappa shape index (κ2) is 7.94. The van der Waals surface area contributed by atoms with Crippen LogP contribution >= 0.6 is 23.4 Å². The number of aromatic amines is 1. The zero-order chi connectivity index (χ0) is 20.6. The topological polar surface area (TPSA) is 112 Å². The van der Waals surface area contributed by atoms with Gasteiger partial charge in [0.2, 0.25) is 5.91 Å². The number of carbonyl (C=O) groups excluding carboxylic acids is 2. The third-order valence-electron chi connectivity index (χ3n) is 5.92. The highest BCUT2D eigenvalue weighted by Gasteiger charge is 2.54. The SMILES string of the molecule is O=C(CC1(O)CCOCC1)NC1CCSC12CN(C(=O)c1cc(=O)cc(Cl)[nH]1)C2. The minimum Gasteiger partial charge on any atom is -0.389 e. The van der Waals surface area contributed by atoms with Crippen molar-refractivity contribution in [3.05, 3.63) is 33.2 Å². The van der Waals surface area contributed by atoms with Gasteiger partial charge in [-0.2, -0.15) is 0 Å². The van der Waals surface area contributed by atoms with Gasteiger partial charge >= 0.3 is 0 Å². The van der Waals surface area contributed by atoms with E-state index in [0.29, 0.717) is 39.1 Å². The van der Waals surface area contributed by atoms with E-state index < -0.39 is 5.60 Å². The quantitative estimate of drug-likeness (QED) is 0.595. The average Bonchev–Trinajstić information content (AvgIpc) is 3.02. The summed E-state index contributed by atoms with van der Waals surface area (Å²) in [4.78, 5) is 41.2. The van der Waals surface area contributed by atoms with Crippen molar-refractivity contribution in [1.82, 2.24) is 15.2 Å². The molecule has 8 nitrogen and oxygen atoms in total. The molecular weight excluding hydrogens is 418 g/mol. The fraction of sp³-hybridized carbons (Fsp3) is 0.632. The van der Waals surface area contributed by atoms with Crippen molar-refractivity contribution in [3.8, 4) is 0 Å². The molecule has 3 fully saturated rings. The second-order valence-electron chi connectivity index (χ2n) is 8.07. The second-order valence-corrected chi connectivity index (χ2v) is 9.99. The first kappa shape index (κ1) is 20.7. The number of nitrogens with zero attached hydrogens (tertiary/aromatic N) is 1. The predicted molar refractivity (Wildman–Crippen MR) is 109 cm³/mol. The maximum atomic E-state index is 12.7. The van der Waals surface area contributed by atoms with Crippen LogP contribution in [0.1, 0.15) is 36.2 Å². The Morgan fingerprint density at radius 3 is 2.76 bits per heavy atom. The fourth-order valence-corrected chi connectivity index (χ4v) is 6.11. The van der Waals surface area contributed by atoms with Gasteiger partial charge in [0, 0.05) is 57.3 Å². The van der Waals surface area contributed by atoms with Crippen LogP contribution in [0.4, 0.5) is 0 Å². The van der Waals surface area contributed by atoms with Crippen LogP contribution in [0.25, 0.3) is 0 Å². The lowest BCUT2D eigenvalue weighted by atomic mass is 9.87. The number of halogens is 1.